The van der Waals surface area contributed by atoms with Crippen molar-refractivity contribution in [2.24, 2.45) is 0 Å². The van der Waals surface area contributed by atoms with E-state index in [0.717, 1.165) is 52.2 Å². The van der Waals surface area contributed by atoms with E-state index in [1.165, 1.54) is 6.07 Å². The first-order chi connectivity index (χ1) is 15.1. The molecule has 0 unspecified atom stereocenters. The van der Waals surface area contributed by atoms with Crippen molar-refractivity contribution in [1.29, 1.82) is 0 Å². The number of nitrogens with one attached hydrogen (secondary N) is 1. The molecule has 1 atom stereocenters. The Morgan fingerprint density at radius 3 is 2.87 bits per heavy atom. The number of aryl methyl sites for hydroxylation is 1. The van der Waals surface area contributed by atoms with E-state index in [1.807, 2.05) is 12.1 Å². The number of benzene rings is 1. The van der Waals surface area contributed by atoms with E-state index in [2.05, 4.69) is 15.3 Å². The van der Waals surface area contributed by atoms with Gasteiger partial charge in [-0.3, -0.25) is 14.3 Å². The molecule has 3 heterocycles. The number of nitrogens with zero attached hydrogens (tertiary/aromatic N) is 3. The molecule has 0 saturated heterocycles. The van der Waals surface area contributed by atoms with Gasteiger partial charge in [0.05, 0.1) is 18.3 Å². The van der Waals surface area contributed by atoms with Crippen LogP contribution in [0.4, 0.5) is 8.78 Å². The molecule has 0 fully saturated rings. The molecule has 5 nitrogen and oxygen atoms in total. The van der Waals surface area contributed by atoms with Crippen LogP contribution in [0.3, 0.4) is 0 Å². The Bertz CT molecular complexity index is 1300. The van der Waals surface area contributed by atoms with Crippen molar-refractivity contribution in [2.75, 3.05) is 0 Å². The van der Waals surface area contributed by atoms with E-state index >= 15 is 0 Å². The summed E-state index contributed by atoms with van der Waals surface area (Å²) in [5.74, 6) is -0.853. The van der Waals surface area contributed by atoms with Gasteiger partial charge in [0.25, 0.3) is 5.56 Å². The van der Waals surface area contributed by atoms with Gasteiger partial charge in [-0.05, 0) is 60.7 Å². The maximum atomic E-state index is 13.9. The maximum absolute atomic E-state index is 13.9. The van der Waals surface area contributed by atoms with Crippen LogP contribution in [0, 0.1) is 11.6 Å². The fraction of sp³-hybridized carbons (Fsp3) is 0.261. The Labute approximate surface area is 181 Å². The van der Waals surface area contributed by atoms with Crippen LogP contribution >= 0.6 is 11.3 Å². The molecule has 3 aromatic heterocycles. The molecule has 1 aromatic carbocycles. The van der Waals surface area contributed by atoms with Gasteiger partial charge in [-0.1, -0.05) is 0 Å². The molecule has 0 bridgehead atoms. The predicted molar refractivity (Wildman–Crippen MR) is 116 cm³/mol. The van der Waals surface area contributed by atoms with Crippen LogP contribution in [-0.4, -0.2) is 20.6 Å². The molecule has 0 radical (unpaired) electrons. The van der Waals surface area contributed by atoms with E-state index in [4.69, 9.17) is 0 Å². The van der Waals surface area contributed by atoms with Crippen molar-refractivity contribution in [3.05, 3.63) is 92.6 Å². The zero-order chi connectivity index (χ0) is 21.4. The molecule has 8 heteroatoms. The summed E-state index contributed by atoms with van der Waals surface area (Å²) in [7, 11) is 0. The van der Waals surface area contributed by atoms with Gasteiger partial charge in [-0.2, -0.15) is 0 Å². The second-order valence-corrected chi connectivity index (χ2v) is 8.86. The summed E-state index contributed by atoms with van der Waals surface area (Å²) in [6.45, 7) is 0.726. The van der Waals surface area contributed by atoms with E-state index in [1.54, 1.807) is 34.6 Å². The average molecular weight is 439 g/mol. The van der Waals surface area contributed by atoms with Crippen molar-refractivity contribution < 1.29 is 8.78 Å². The summed E-state index contributed by atoms with van der Waals surface area (Å²) < 4.78 is 28.9. The van der Waals surface area contributed by atoms with Gasteiger partial charge < -0.3 is 5.32 Å². The van der Waals surface area contributed by atoms with Crippen LogP contribution in [0.25, 0.3) is 10.2 Å². The summed E-state index contributed by atoms with van der Waals surface area (Å²) in [6.07, 6.45) is 7.36. The molecule has 1 aliphatic carbocycles. The van der Waals surface area contributed by atoms with Gasteiger partial charge >= 0.3 is 0 Å². The Morgan fingerprint density at radius 1 is 1.19 bits per heavy atom. The lowest BCUT2D eigenvalue weighted by molar-refractivity contribution is 0.454. The fourth-order valence-corrected chi connectivity index (χ4v) is 5.36. The smallest absolute Gasteiger partial charge is 0.262 e. The number of halogens is 2. The highest BCUT2D eigenvalue weighted by Gasteiger charge is 2.25. The van der Waals surface area contributed by atoms with E-state index in [0.29, 0.717) is 17.5 Å². The van der Waals surface area contributed by atoms with Gasteiger partial charge in [0.15, 0.2) is 0 Å². The highest BCUT2D eigenvalue weighted by molar-refractivity contribution is 7.18. The summed E-state index contributed by atoms with van der Waals surface area (Å²) in [5.41, 5.74) is 2.38. The van der Waals surface area contributed by atoms with Crippen LogP contribution in [0.1, 0.15) is 28.0 Å². The molecule has 5 rings (SSSR count). The monoisotopic (exact) mass is 438 g/mol. The number of hydrogen-bond acceptors (Lipinski definition) is 5. The van der Waals surface area contributed by atoms with Gasteiger partial charge in [-0.25, -0.2) is 13.8 Å². The molecule has 4 aromatic rings. The van der Waals surface area contributed by atoms with E-state index in [9.17, 15) is 13.6 Å². The molecule has 1 N–H and O–H groups in total. The third-order valence-electron chi connectivity index (χ3n) is 5.73. The number of pyridine rings is 1. The molecular formula is C23H20F2N4OS. The second-order valence-electron chi connectivity index (χ2n) is 7.77. The highest BCUT2D eigenvalue weighted by Crippen LogP contribution is 2.33. The van der Waals surface area contributed by atoms with Crippen LogP contribution in [0.2, 0.25) is 0 Å². The largest absolute Gasteiger partial charge is 0.309 e. The van der Waals surface area contributed by atoms with Crippen LogP contribution in [0.5, 0.6) is 0 Å². The zero-order valence-electron chi connectivity index (χ0n) is 16.6. The number of fused-ring (bicyclic) bond motifs is 3. The number of hydrogen-bond donors (Lipinski definition) is 1. The van der Waals surface area contributed by atoms with Gasteiger partial charge in [0, 0.05) is 35.4 Å². The predicted octanol–water partition coefficient (Wildman–Crippen LogP) is 3.83. The first kappa shape index (κ1) is 20.0. The number of aromatic nitrogens is 3. The van der Waals surface area contributed by atoms with Gasteiger partial charge in [0.2, 0.25) is 0 Å². The number of thiophene rings is 1. The minimum atomic E-state index is -0.442. The third kappa shape index (κ3) is 4.00. The first-order valence-electron chi connectivity index (χ1n) is 10.1. The van der Waals surface area contributed by atoms with Crippen molar-refractivity contribution in [3.8, 4) is 0 Å². The summed E-state index contributed by atoms with van der Waals surface area (Å²) in [5, 5.41) is 4.05. The molecule has 0 spiro atoms. The highest BCUT2D eigenvalue weighted by atomic mass is 32.1. The van der Waals surface area contributed by atoms with E-state index in [-0.39, 0.29) is 18.1 Å². The normalized spacial score (nSPS) is 15.9. The maximum Gasteiger partial charge on any atom is 0.262 e. The Hall–Kier alpha value is -2.97. The molecule has 31 heavy (non-hydrogen) atoms. The summed E-state index contributed by atoms with van der Waals surface area (Å²) >= 11 is 1.55. The molecule has 158 valence electrons. The SMILES string of the molecule is O=c1c2c3c(sc2ncn1Cc1ccncc1)C[C@@H](NCc1cc(F)ccc1F)CC3. The Balaban J connectivity index is 1.36. The lowest BCUT2D eigenvalue weighted by atomic mass is 9.93. The topological polar surface area (TPSA) is 59.8 Å². The first-order valence-corrected chi connectivity index (χ1v) is 11.0. The molecule has 0 aliphatic heterocycles. The average Bonchev–Trinajstić information content (AvgIpc) is 3.15. The van der Waals surface area contributed by atoms with Gasteiger partial charge in [-0.15, -0.1) is 11.3 Å². The van der Waals surface area contributed by atoms with E-state index < -0.39 is 11.6 Å². The summed E-state index contributed by atoms with van der Waals surface area (Å²) in [6, 6.07) is 7.42. The van der Waals surface area contributed by atoms with Crippen molar-refractivity contribution >= 4 is 21.6 Å². The van der Waals surface area contributed by atoms with Crippen molar-refractivity contribution in [2.45, 2.75) is 38.4 Å². The van der Waals surface area contributed by atoms with Gasteiger partial charge in [0.1, 0.15) is 16.5 Å². The molecule has 0 saturated carbocycles. The summed E-state index contributed by atoms with van der Waals surface area (Å²) in [4.78, 5) is 23.6. The minimum Gasteiger partial charge on any atom is -0.309 e. The lowest BCUT2D eigenvalue weighted by Crippen LogP contribution is -2.34. The van der Waals surface area contributed by atoms with Crippen molar-refractivity contribution in [1.82, 2.24) is 19.9 Å². The van der Waals surface area contributed by atoms with Crippen LogP contribution in [0.15, 0.2) is 53.8 Å². The lowest BCUT2D eigenvalue weighted by Gasteiger charge is -2.23. The Morgan fingerprint density at radius 2 is 2.03 bits per heavy atom. The quantitative estimate of drug-likeness (QED) is 0.515. The third-order valence-corrected chi connectivity index (χ3v) is 6.89. The van der Waals surface area contributed by atoms with Crippen LogP contribution < -0.4 is 10.9 Å². The number of rotatable bonds is 5. The Kier molecular flexibility index (Phi) is 5.33. The fourth-order valence-electron chi connectivity index (χ4n) is 4.11. The van der Waals surface area contributed by atoms with Crippen LogP contribution in [-0.2, 0) is 25.9 Å². The molecule has 1 aliphatic rings. The molecule has 0 amide bonds. The standard InChI is InChI=1S/C23H20F2N4OS/c24-16-1-4-19(25)15(9-16)11-27-17-2-3-18-20(10-17)31-22-21(18)23(30)29(13-28-22)12-14-5-7-26-8-6-14/h1,4-9,13,17,27H,2-3,10-12H2/t17-/m0/s1. The van der Waals surface area contributed by atoms with Crippen molar-refractivity contribution in [3.63, 3.8) is 0 Å². The molecular weight excluding hydrogens is 418 g/mol. The second kappa shape index (κ2) is 8.28. The zero-order valence-corrected chi connectivity index (χ0v) is 17.5. The minimum absolute atomic E-state index is 0.0208.